The van der Waals surface area contributed by atoms with Crippen LogP contribution in [0.25, 0.3) is 0 Å². The van der Waals surface area contributed by atoms with Crippen LogP contribution in [-0.4, -0.2) is 11.5 Å². The van der Waals surface area contributed by atoms with E-state index in [0.29, 0.717) is 22.6 Å². The molecule has 0 saturated carbocycles. The number of nitrogens with zero attached hydrogens (tertiary/aromatic N) is 1. The third-order valence-corrected chi connectivity index (χ3v) is 3.73. The number of hydrogen-bond donors (Lipinski definition) is 0. The van der Waals surface area contributed by atoms with E-state index in [1.165, 1.54) is 36.0 Å². The van der Waals surface area contributed by atoms with Gasteiger partial charge in [-0.3, -0.25) is 4.79 Å². The van der Waals surface area contributed by atoms with Crippen molar-refractivity contribution in [3.63, 3.8) is 0 Å². The third kappa shape index (κ3) is 3.94. The number of Topliss-reactive ketones (excluding diaryl/α,β-unsaturated/α-hetero) is 1. The zero-order valence-corrected chi connectivity index (χ0v) is 11.5. The molecule has 0 bridgehead atoms. The normalized spacial score (nSPS) is 10.0. The Morgan fingerprint density at radius 2 is 1.95 bits per heavy atom. The first-order valence-electron chi connectivity index (χ1n) is 6.04. The summed E-state index contributed by atoms with van der Waals surface area (Å²) in [6.07, 6.45) is 0. The summed E-state index contributed by atoms with van der Waals surface area (Å²) in [4.78, 5) is 11.9. The molecular formula is C16H12FNOS. The summed E-state index contributed by atoms with van der Waals surface area (Å²) in [6, 6.07) is 15.0. The molecule has 0 saturated heterocycles. The quantitative estimate of drug-likeness (QED) is 0.784. The average Bonchev–Trinajstić information content (AvgIpc) is 2.48. The first-order chi connectivity index (χ1) is 9.69. The second kappa shape index (κ2) is 6.88. The summed E-state index contributed by atoms with van der Waals surface area (Å²) in [6.45, 7) is 0. The van der Waals surface area contributed by atoms with E-state index in [0.717, 1.165) is 5.56 Å². The van der Waals surface area contributed by atoms with Gasteiger partial charge in [-0.15, -0.1) is 11.8 Å². The van der Waals surface area contributed by atoms with Crippen molar-refractivity contribution in [2.75, 3.05) is 5.75 Å². The number of rotatable bonds is 5. The highest BCUT2D eigenvalue weighted by Gasteiger charge is 2.06. The highest BCUT2D eigenvalue weighted by atomic mass is 32.2. The molecule has 100 valence electrons. The summed E-state index contributed by atoms with van der Waals surface area (Å²) in [5, 5.41) is 8.81. The predicted molar refractivity (Wildman–Crippen MR) is 78.0 cm³/mol. The summed E-state index contributed by atoms with van der Waals surface area (Å²) in [5.74, 6) is 0.638. The number of carbonyl (C=O) groups is 1. The number of hydrogen-bond acceptors (Lipinski definition) is 3. The molecule has 0 aliphatic carbocycles. The van der Waals surface area contributed by atoms with Crippen LogP contribution >= 0.6 is 11.8 Å². The smallest absolute Gasteiger partial charge is 0.172 e. The van der Waals surface area contributed by atoms with Gasteiger partial charge < -0.3 is 0 Å². The van der Waals surface area contributed by atoms with Gasteiger partial charge in [0, 0.05) is 11.3 Å². The maximum atomic E-state index is 12.8. The molecule has 20 heavy (non-hydrogen) atoms. The van der Waals surface area contributed by atoms with Crippen LogP contribution in [0.4, 0.5) is 4.39 Å². The van der Waals surface area contributed by atoms with Crippen LogP contribution in [0.2, 0.25) is 0 Å². The lowest BCUT2D eigenvalue weighted by molar-refractivity contribution is 0.102. The Labute approximate surface area is 121 Å². The van der Waals surface area contributed by atoms with Crippen molar-refractivity contribution in [2.24, 2.45) is 0 Å². The Balaban J connectivity index is 1.88. The largest absolute Gasteiger partial charge is 0.293 e. The van der Waals surface area contributed by atoms with E-state index in [1.807, 2.05) is 18.2 Å². The van der Waals surface area contributed by atoms with Crippen molar-refractivity contribution in [2.45, 2.75) is 5.75 Å². The van der Waals surface area contributed by atoms with Crippen molar-refractivity contribution >= 4 is 17.5 Å². The molecule has 2 aromatic carbocycles. The molecule has 0 aliphatic heterocycles. The van der Waals surface area contributed by atoms with E-state index in [-0.39, 0.29) is 11.6 Å². The van der Waals surface area contributed by atoms with Crippen LogP contribution in [-0.2, 0) is 5.75 Å². The lowest BCUT2D eigenvalue weighted by Gasteiger charge is -2.03. The number of benzene rings is 2. The van der Waals surface area contributed by atoms with Gasteiger partial charge in [0.25, 0.3) is 0 Å². The van der Waals surface area contributed by atoms with Gasteiger partial charge in [-0.25, -0.2) is 4.39 Å². The molecule has 0 fully saturated rings. The van der Waals surface area contributed by atoms with E-state index in [2.05, 4.69) is 6.07 Å². The third-order valence-electron chi connectivity index (χ3n) is 2.72. The van der Waals surface area contributed by atoms with E-state index in [9.17, 15) is 9.18 Å². The van der Waals surface area contributed by atoms with Crippen LogP contribution in [0.5, 0.6) is 0 Å². The molecule has 0 radical (unpaired) electrons. The van der Waals surface area contributed by atoms with Gasteiger partial charge in [0.15, 0.2) is 5.78 Å². The van der Waals surface area contributed by atoms with Crippen LogP contribution in [0.1, 0.15) is 21.5 Å². The van der Waals surface area contributed by atoms with Crippen molar-refractivity contribution < 1.29 is 9.18 Å². The van der Waals surface area contributed by atoms with Crippen LogP contribution in [0.3, 0.4) is 0 Å². The fourth-order valence-electron chi connectivity index (χ4n) is 1.71. The Bertz CT molecular complexity index is 646. The SMILES string of the molecule is N#Cc1cccc(CSCC(=O)c2ccc(F)cc2)c1. The van der Waals surface area contributed by atoms with E-state index in [4.69, 9.17) is 5.26 Å². The minimum absolute atomic E-state index is 0.0218. The van der Waals surface area contributed by atoms with Crippen LogP contribution in [0, 0.1) is 17.1 Å². The van der Waals surface area contributed by atoms with Gasteiger partial charge >= 0.3 is 0 Å². The molecule has 0 unspecified atom stereocenters. The van der Waals surface area contributed by atoms with Gasteiger partial charge in [-0.05, 0) is 42.0 Å². The molecule has 0 atom stereocenters. The van der Waals surface area contributed by atoms with Gasteiger partial charge in [0.1, 0.15) is 5.82 Å². The highest BCUT2D eigenvalue weighted by molar-refractivity contribution is 7.99. The Morgan fingerprint density at radius 1 is 1.20 bits per heavy atom. The second-order valence-electron chi connectivity index (χ2n) is 4.24. The lowest BCUT2D eigenvalue weighted by atomic mass is 10.1. The molecule has 0 N–H and O–H groups in total. The fraction of sp³-hybridized carbons (Fsp3) is 0.125. The Hall–Kier alpha value is -2.12. The Kier molecular flexibility index (Phi) is 4.91. The number of halogens is 1. The minimum atomic E-state index is -0.345. The summed E-state index contributed by atoms with van der Waals surface area (Å²) >= 11 is 1.48. The van der Waals surface area contributed by atoms with Crippen molar-refractivity contribution in [1.29, 1.82) is 5.26 Å². The first-order valence-corrected chi connectivity index (χ1v) is 7.20. The second-order valence-corrected chi connectivity index (χ2v) is 5.22. The van der Waals surface area contributed by atoms with Gasteiger partial charge in [0.2, 0.25) is 0 Å². The van der Waals surface area contributed by atoms with E-state index in [1.54, 1.807) is 6.07 Å². The van der Waals surface area contributed by atoms with Crippen molar-refractivity contribution in [3.8, 4) is 6.07 Å². The number of ketones is 1. The van der Waals surface area contributed by atoms with Crippen molar-refractivity contribution in [1.82, 2.24) is 0 Å². The average molecular weight is 285 g/mol. The number of nitriles is 1. The standard InChI is InChI=1S/C16H12FNOS/c17-15-6-4-14(5-7-15)16(19)11-20-10-13-3-1-2-12(8-13)9-18/h1-8H,10-11H2. The monoisotopic (exact) mass is 285 g/mol. The number of thioether (sulfide) groups is 1. The molecule has 0 amide bonds. The summed E-state index contributed by atoms with van der Waals surface area (Å²) in [7, 11) is 0. The molecular weight excluding hydrogens is 273 g/mol. The topological polar surface area (TPSA) is 40.9 Å². The van der Waals surface area contributed by atoms with Crippen LogP contribution in [0.15, 0.2) is 48.5 Å². The van der Waals surface area contributed by atoms with E-state index < -0.39 is 0 Å². The predicted octanol–water partition coefficient (Wildman–Crippen LogP) is 3.81. The summed E-state index contributed by atoms with van der Waals surface area (Å²) in [5.41, 5.74) is 2.15. The molecule has 0 aromatic heterocycles. The van der Waals surface area contributed by atoms with Crippen molar-refractivity contribution in [3.05, 3.63) is 71.0 Å². The molecule has 0 aliphatic rings. The van der Waals surface area contributed by atoms with Gasteiger partial charge in [-0.1, -0.05) is 12.1 Å². The summed E-state index contributed by atoms with van der Waals surface area (Å²) < 4.78 is 12.8. The molecule has 2 aromatic rings. The lowest BCUT2D eigenvalue weighted by Crippen LogP contribution is -2.02. The van der Waals surface area contributed by atoms with Gasteiger partial charge in [-0.2, -0.15) is 5.26 Å². The minimum Gasteiger partial charge on any atom is -0.293 e. The number of carbonyl (C=O) groups excluding carboxylic acids is 1. The zero-order chi connectivity index (χ0) is 14.4. The maximum absolute atomic E-state index is 12.8. The first kappa shape index (κ1) is 14.3. The Morgan fingerprint density at radius 3 is 2.65 bits per heavy atom. The zero-order valence-electron chi connectivity index (χ0n) is 10.7. The highest BCUT2D eigenvalue weighted by Crippen LogP contribution is 2.15. The molecule has 4 heteroatoms. The maximum Gasteiger partial charge on any atom is 0.172 e. The molecule has 2 nitrogen and oxygen atoms in total. The van der Waals surface area contributed by atoms with E-state index >= 15 is 0 Å². The van der Waals surface area contributed by atoms with Crippen LogP contribution < -0.4 is 0 Å². The fourth-order valence-corrected chi connectivity index (χ4v) is 2.58. The molecule has 0 spiro atoms. The molecule has 0 heterocycles. The molecule has 2 rings (SSSR count). The van der Waals surface area contributed by atoms with Gasteiger partial charge in [0.05, 0.1) is 17.4 Å².